The quantitative estimate of drug-likeness (QED) is 0.858. The summed E-state index contributed by atoms with van der Waals surface area (Å²) in [6, 6.07) is 15.1. The van der Waals surface area contributed by atoms with Crippen molar-refractivity contribution in [2.45, 2.75) is 0 Å². The Balaban J connectivity index is 2.35. The number of aliphatic hydroxyl groups excluding tert-OH is 1. The van der Waals surface area contributed by atoms with Gasteiger partial charge in [-0.1, -0.05) is 35.9 Å². The molecule has 0 bridgehead atoms. The Bertz CT molecular complexity index is 574. The van der Waals surface area contributed by atoms with E-state index in [4.69, 9.17) is 16.3 Å². The van der Waals surface area contributed by atoms with Crippen LogP contribution in [0.4, 0.5) is 0 Å². The zero-order valence-electron chi connectivity index (χ0n) is 10.6. The van der Waals surface area contributed by atoms with E-state index in [0.29, 0.717) is 5.02 Å². The molecule has 1 N–H and O–H groups in total. The van der Waals surface area contributed by atoms with Crippen LogP contribution in [-0.4, -0.2) is 18.8 Å². The van der Waals surface area contributed by atoms with Crippen LogP contribution in [0.5, 0.6) is 5.75 Å². The minimum absolute atomic E-state index is 0.0320. The first kappa shape index (κ1) is 13.7. The van der Waals surface area contributed by atoms with Gasteiger partial charge in [0.1, 0.15) is 5.75 Å². The number of ether oxygens (including phenoxy) is 1. The third-order valence-corrected chi connectivity index (χ3v) is 3.07. The fourth-order valence-electron chi connectivity index (χ4n) is 1.80. The Labute approximate surface area is 117 Å². The standard InChI is InChI=1S/C16H15ClO2/c1-19-16-4-2-3-13(10-16)14(11-18)9-12-5-7-15(17)8-6-12/h2-10,18H,11H2,1H3/b14-9+. The first-order chi connectivity index (χ1) is 9.22. The van der Waals surface area contributed by atoms with Crippen molar-refractivity contribution in [2.75, 3.05) is 13.7 Å². The van der Waals surface area contributed by atoms with E-state index in [0.717, 1.165) is 22.4 Å². The van der Waals surface area contributed by atoms with Gasteiger partial charge in [0.15, 0.2) is 0 Å². The first-order valence-electron chi connectivity index (χ1n) is 5.94. The molecule has 0 atom stereocenters. The molecule has 0 heterocycles. The van der Waals surface area contributed by atoms with Crippen molar-refractivity contribution in [3.8, 4) is 5.75 Å². The second kappa shape index (κ2) is 6.41. The number of aliphatic hydroxyl groups is 1. The minimum Gasteiger partial charge on any atom is -0.497 e. The Morgan fingerprint density at radius 1 is 1.21 bits per heavy atom. The summed E-state index contributed by atoms with van der Waals surface area (Å²) in [4.78, 5) is 0. The highest BCUT2D eigenvalue weighted by atomic mass is 35.5. The van der Waals surface area contributed by atoms with Gasteiger partial charge in [-0.3, -0.25) is 0 Å². The summed E-state index contributed by atoms with van der Waals surface area (Å²) in [5.41, 5.74) is 2.77. The van der Waals surface area contributed by atoms with E-state index in [2.05, 4.69) is 0 Å². The number of hydrogen-bond acceptors (Lipinski definition) is 2. The molecule has 0 unspecified atom stereocenters. The van der Waals surface area contributed by atoms with E-state index in [1.807, 2.05) is 54.6 Å². The molecule has 0 saturated heterocycles. The van der Waals surface area contributed by atoms with Crippen molar-refractivity contribution in [1.82, 2.24) is 0 Å². The molecule has 2 rings (SSSR count). The Morgan fingerprint density at radius 2 is 1.95 bits per heavy atom. The monoisotopic (exact) mass is 274 g/mol. The van der Waals surface area contributed by atoms with Gasteiger partial charge in [-0.25, -0.2) is 0 Å². The molecule has 0 aliphatic heterocycles. The molecule has 0 saturated carbocycles. The van der Waals surface area contributed by atoms with E-state index in [-0.39, 0.29) is 6.61 Å². The summed E-state index contributed by atoms with van der Waals surface area (Å²) >= 11 is 5.85. The topological polar surface area (TPSA) is 29.5 Å². The summed E-state index contributed by atoms with van der Waals surface area (Å²) in [5, 5.41) is 10.2. The van der Waals surface area contributed by atoms with Gasteiger partial charge in [0.05, 0.1) is 13.7 Å². The number of rotatable bonds is 4. The first-order valence-corrected chi connectivity index (χ1v) is 6.32. The number of benzene rings is 2. The summed E-state index contributed by atoms with van der Waals surface area (Å²) in [6.45, 7) is -0.0320. The molecule has 19 heavy (non-hydrogen) atoms. The third-order valence-electron chi connectivity index (χ3n) is 2.82. The number of halogens is 1. The molecule has 0 aliphatic rings. The largest absolute Gasteiger partial charge is 0.497 e. The van der Waals surface area contributed by atoms with Gasteiger partial charge < -0.3 is 9.84 Å². The smallest absolute Gasteiger partial charge is 0.119 e. The van der Waals surface area contributed by atoms with Gasteiger partial charge in [0, 0.05) is 5.02 Å². The number of hydrogen-bond donors (Lipinski definition) is 1. The molecule has 0 radical (unpaired) electrons. The molecule has 3 heteroatoms. The van der Waals surface area contributed by atoms with Crippen molar-refractivity contribution < 1.29 is 9.84 Å². The SMILES string of the molecule is COc1cccc(/C(=C/c2ccc(Cl)cc2)CO)c1. The second-order valence-corrected chi connectivity index (χ2v) is 4.55. The van der Waals surface area contributed by atoms with Crippen LogP contribution in [0.15, 0.2) is 48.5 Å². The molecule has 0 aromatic heterocycles. The summed E-state index contributed by atoms with van der Waals surface area (Å²) < 4.78 is 5.19. The zero-order chi connectivity index (χ0) is 13.7. The molecule has 98 valence electrons. The summed E-state index contributed by atoms with van der Waals surface area (Å²) in [6.07, 6.45) is 1.94. The van der Waals surface area contributed by atoms with Crippen LogP contribution in [0, 0.1) is 0 Å². The van der Waals surface area contributed by atoms with Crippen LogP contribution in [-0.2, 0) is 0 Å². The van der Waals surface area contributed by atoms with Gasteiger partial charge in [0.25, 0.3) is 0 Å². The highest BCUT2D eigenvalue weighted by Crippen LogP contribution is 2.22. The Hall–Kier alpha value is -1.77. The third kappa shape index (κ3) is 3.60. The molecule has 0 aliphatic carbocycles. The van der Waals surface area contributed by atoms with Crippen molar-refractivity contribution >= 4 is 23.3 Å². The molecule has 2 nitrogen and oxygen atoms in total. The zero-order valence-corrected chi connectivity index (χ0v) is 11.4. The van der Waals surface area contributed by atoms with Crippen LogP contribution >= 0.6 is 11.6 Å². The molecule has 0 amide bonds. The predicted molar refractivity (Wildman–Crippen MR) is 79.4 cm³/mol. The van der Waals surface area contributed by atoms with Crippen LogP contribution < -0.4 is 4.74 Å². The van der Waals surface area contributed by atoms with Gasteiger partial charge in [-0.05, 0) is 47.0 Å². The van der Waals surface area contributed by atoms with Crippen molar-refractivity contribution in [2.24, 2.45) is 0 Å². The number of methoxy groups -OCH3 is 1. The molecule has 0 fully saturated rings. The lowest BCUT2D eigenvalue weighted by Crippen LogP contribution is -1.92. The van der Waals surface area contributed by atoms with Gasteiger partial charge >= 0.3 is 0 Å². The summed E-state index contributed by atoms with van der Waals surface area (Å²) in [5.74, 6) is 0.771. The van der Waals surface area contributed by atoms with E-state index >= 15 is 0 Å². The highest BCUT2D eigenvalue weighted by molar-refractivity contribution is 6.30. The molecule has 2 aromatic carbocycles. The minimum atomic E-state index is -0.0320. The normalized spacial score (nSPS) is 11.4. The molecular weight excluding hydrogens is 260 g/mol. The van der Waals surface area contributed by atoms with Gasteiger partial charge in [-0.15, -0.1) is 0 Å². The maximum Gasteiger partial charge on any atom is 0.119 e. The average molecular weight is 275 g/mol. The van der Waals surface area contributed by atoms with Gasteiger partial charge in [-0.2, -0.15) is 0 Å². The van der Waals surface area contributed by atoms with Crippen molar-refractivity contribution in [1.29, 1.82) is 0 Å². The Morgan fingerprint density at radius 3 is 2.58 bits per heavy atom. The fraction of sp³-hybridized carbons (Fsp3) is 0.125. The molecule has 2 aromatic rings. The van der Waals surface area contributed by atoms with Crippen LogP contribution in [0.3, 0.4) is 0 Å². The van der Waals surface area contributed by atoms with E-state index in [9.17, 15) is 5.11 Å². The lowest BCUT2D eigenvalue weighted by Gasteiger charge is -2.07. The van der Waals surface area contributed by atoms with Gasteiger partial charge in [0.2, 0.25) is 0 Å². The predicted octanol–water partition coefficient (Wildman–Crippen LogP) is 3.88. The average Bonchev–Trinajstić information content (AvgIpc) is 2.46. The van der Waals surface area contributed by atoms with Crippen molar-refractivity contribution in [3.05, 3.63) is 64.7 Å². The maximum atomic E-state index is 9.52. The maximum absolute atomic E-state index is 9.52. The van der Waals surface area contributed by atoms with Crippen LogP contribution in [0.1, 0.15) is 11.1 Å². The van der Waals surface area contributed by atoms with Crippen molar-refractivity contribution in [3.63, 3.8) is 0 Å². The second-order valence-electron chi connectivity index (χ2n) is 4.11. The Kier molecular flexibility index (Phi) is 4.61. The van der Waals surface area contributed by atoms with E-state index < -0.39 is 0 Å². The van der Waals surface area contributed by atoms with Crippen LogP contribution in [0.25, 0.3) is 11.6 Å². The molecule has 0 spiro atoms. The molecular formula is C16H15ClO2. The highest BCUT2D eigenvalue weighted by Gasteiger charge is 2.02. The lowest BCUT2D eigenvalue weighted by molar-refractivity contribution is 0.350. The van der Waals surface area contributed by atoms with E-state index in [1.54, 1.807) is 7.11 Å². The van der Waals surface area contributed by atoms with Crippen LogP contribution in [0.2, 0.25) is 5.02 Å². The summed E-state index contributed by atoms with van der Waals surface area (Å²) in [7, 11) is 1.63. The fourth-order valence-corrected chi connectivity index (χ4v) is 1.93. The van der Waals surface area contributed by atoms with E-state index in [1.165, 1.54) is 0 Å². The lowest BCUT2D eigenvalue weighted by atomic mass is 10.0.